The second-order valence-corrected chi connectivity index (χ2v) is 5.82. The third kappa shape index (κ3) is 4.34. The van der Waals surface area contributed by atoms with Crippen LogP contribution in [-0.2, 0) is 0 Å². The molecule has 6 nitrogen and oxygen atoms in total. The molecule has 1 aliphatic rings. The summed E-state index contributed by atoms with van der Waals surface area (Å²) in [5.41, 5.74) is 12.9. The van der Waals surface area contributed by atoms with Crippen molar-refractivity contribution in [2.45, 2.75) is 13.0 Å². The van der Waals surface area contributed by atoms with Crippen molar-refractivity contribution in [2.24, 2.45) is 5.73 Å². The maximum atomic E-state index is 11.5. The number of nitrogens with one attached hydrogen (secondary N) is 1. The Balaban J connectivity index is 1.96. The van der Waals surface area contributed by atoms with Gasteiger partial charge in [0.25, 0.3) is 5.91 Å². The minimum absolute atomic E-state index is 0.232. The molecule has 1 aliphatic heterocycles. The average Bonchev–Trinajstić information content (AvgIpc) is 2.43. The lowest BCUT2D eigenvalue weighted by Gasteiger charge is -2.34. The molecule has 1 saturated heterocycles. The maximum Gasteiger partial charge on any atom is 0.250 e. The first-order valence-corrected chi connectivity index (χ1v) is 7.32. The van der Waals surface area contributed by atoms with E-state index in [-0.39, 0.29) is 6.04 Å². The Bertz CT molecular complexity index is 497. The lowest BCUT2D eigenvalue weighted by atomic mass is 10.1. The fraction of sp³-hybridized carbons (Fsp3) is 0.533. The van der Waals surface area contributed by atoms with E-state index in [0.717, 1.165) is 38.4 Å². The van der Waals surface area contributed by atoms with Gasteiger partial charge in [0.1, 0.15) is 0 Å². The SMILES string of the molecule is CC(CN1CCN(C)CC1)Nc1ccc(N)cc1C(N)=O. The lowest BCUT2D eigenvalue weighted by Crippen LogP contribution is -2.47. The molecule has 1 aromatic rings. The van der Waals surface area contributed by atoms with Gasteiger partial charge in [-0.2, -0.15) is 0 Å². The molecule has 0 aromatic heterocycles. The number of benzene rings is 1. The van der Waals surface area contributed by atoms with Gasteiger partial charge in [0.05, 0.1) is 5.56 Å². The van der Waals surface area contributed by atoms with Crippen molar-refractivity contribution >= 4 is 17.3 Å². The van der Waals surface area contributed by atoms with Crippen LogP contribution >= 0.6 is 0 Å². The monoisotopic (exact) mass is 291 g/mol. The van der Waals surface area contributed by atoms with E-state index in [4.69, 9.17) is 11.5 Å². The number of nitrogens with zero attached hydrogens (tertiary/aromatic N) is 2. The van der Waals surface area contributed by atoms with E-state index >= 15 is 0 Å². The number of piperazine rings is 1. The van der Waals surface area contributed by atoms with Gasteiger partial charge >= 0.3 is 0 Å². The first kappa shape index (κ1) is 15.6. The summed E-state index contributed by atoms with van der Waals surface area (Å²) in [7, 11) is 2.15. The van der Waals surface area contributed by atoms with Gasteiger partial charge < -0.3 is 21.7 Å². The fourth-order valence-corrected chi connectivity index (χ4v) is 2.62. The summed E-state index contributed by atoms with van der Waals surface area (Å²) in [6.07, 6.45) is 0. The number of rotatable bonds is 5. The van der Waals surface area contributed by atoms with E-state index in [1.807, 2.05) is 6.07 Å². The predicted octanol–water partition coefficient (Wildman–Crippen LogP) is 0.416. The van der Waals surface area contributed by atoms with E-state index in [1.54, 1.807) is 12.1 Å². The van der Waals surface area contributed by atoms with E-state index < -0.39 is 5.91 Å². The summed E-state index contributed by atoms with van der Waals surface area (Å²) in [4.78, 5) is 16.3. The summed E-state index contributed by atoms with van der Waals surface area (Å²) < 4.78 is 0. The van der Waals surface area contributed by atoms with Gasteiger partial charge in [0.15, 0.2) is 0 Å². The Morgan fingerprint density at radius 1 is 1.33 bits per heavy atom. The van der Waals surface area contributed by atoms with Gasteiger partial charge in [0.2, 0.25) is 0 Å². The summed E-state index contributed by atoms with van der Waals surface area (Å²) in [5, 5.41) is 3.37. The van der Waals surface area contributed by atoms with Crippen molar-refractivity contribution < 1.29 is 4.79 Å². The van der Waals surface area contributed by atoms with E-state index in [1.165, 1.54) is 0 Å². The van der Waals surface area contributed by atoms with Gasteiger partial charge in [-0.15, -0.1) is 0 Å². The van der Waals surface area contributed by atoms with Gasteiger partial charge in [-0.1, -0.05) is 0 Å². The molecule has 0 spiro atoms. The molecule has 1 aromatic carbocycles. The molecule has 5 N–H and O–H groups in total. The molecule has 2 rings (SSSR count). The number of hydrogen-bond donors (Lipinski definition) is 3. The quantitative estimate of drug-likeness (QED) is 0.684. The maximum absolute atomic E-state index is 11.5. The molecule has 0 bridgehead atoms. The lowest BCUT2D eigenvalue weighted by molar-refractivity contribution is 0.100. The highest BCUT2D eigenvalue weighted by atomic mass is 16.1. The number of anilines is 2. The van der Waals surface area contributed by atoms with E-state index in [9.17, 15) is 4.79 Å². The number of likely N-dealkylation sites (N-methyl/N-ethyl adjacent to an activating group) is 1. The summed E-state index contributed by atoms with van der Waals surface area (Å²) >= 11 is 0. The van der Waals surface area contributed by atoms with Crippen LogP contribution in [0.1, 0.15) is 17.3 Å². The normalized spacial score (nSPS) is 18.4. The number of amides is 1. The molecular formula is C15H25N5O. The molecule has 1 heterocycles. The minimum Gasteiger partial charge on any atom is -0.399 e. The predicted molar refractivity (Wildman–Crippen MR) is 86.4 cm³/mol. The molecule has 21 heavy (non-hydrogen) atoms. The summed E-state index contributed by atoms with van der Waals surface area (Å²) in [6, 6.07) is 5.44. The molecular weight excluding hydrogens is 266 g/mol. The Morgan fingerprint density at radius 2 is 2.00 bits per heavy atom. The highest BCUT2D eigenvalue weighted by Crippen LogP contribution is 2.19. The molecule has 1 atom stereocenters. The molecule has 116 valence electrons. The van der Waals surface area contributed by atoms with E-state index in [2.05, 4.69) is 29.1 Å². The highest BCUT2D eigenvalue weighted by molar-refractivity contribution is 5.99. The smallest absolute Gasteiger partial charge is 0.250 e. The van der Waals surface area contributed by atoms with Crippen LogP contribution in [0.2, 0.25) is 0 Å². The van der Waals surface area contributed by atoms with Crippen LogP contribution in [0.15, 0.2) is 18.2 Å². The van der Waals surface area contributed by atoms with Crippen LogP contribution in [0.5, 0.6) is 0 Å². The zero-order chi connectivity index (χ0) is 15.4. The average molecular weight is 291 g/mol. The van der Waals surface area contributed by atoms with Crippen molar-refractivity contribution in [3.63, 3.8) is 0 Å². The molecule has 6 heteroatoms. The number of nitrogen functional groups attached to an aromatic ring is 1. The Labute approximate surface area is 126 Å². The van der Waals surface area contributed by atoms with Crippen LogP contribution in [0.4, 0.5) is 11.4 Å². The zero-order valence-corrected chi connectivity index (χ0v) is 12.8. The van der Waals surface area contributed by atoms with Crippen molar-refractivity contribution in [3.8, 4) is 0 Å². The molecule has 0 saturated carbocycles. The largest absolute Gasteiger partial charge is 0.399 e. The summed E-state index contributed by atoms with van der Waals surface area (Å²) in [5.74, 6) is -0.461. The van der Waals surface area contributed by atoms with Crippen LogP contribution in [0.25, 0.3) is 0 Å². The third-order valence-electron chi connectivity index (χ3n) is 3.84. The molecule has 1 amide bonds. The fourth-order valence-electron chi connectivity index (χ4n) is 2.62. The van der Waals surface area contributed by atoms with Crippen molar-refractivity contribution in [2.75, 3.05) is 50.8 Å². The first-order chi connectivity index (χ1) is 9.95. The topological polar surface area (TPSA) is 87.6 Å². The van der Waals surface area contributed by atoms with E-state index in [0.29, 0.717) is 11.3 Å². The Kier molecular flexibility index (Phi) is 5.03. The van der Waals surface area contributed by atoms with Crippen molar-refractivity contribution in [1.82, 2.24) is 9.80 Å². The number of primary amides is 1. The van der Waals surface area contributed by atoms with Gasteiger partial charge in [-0.05, 0) is 32.2 Å². The highest BCUT2D eigenvalue weighted by Gasteiger charge is 2.17. The Morgan fingerprint density at radius 3 is 2.62 bits per heavy atom. The summed E-state index contributed by atoms with van der Waals surface area (Å²) in [6.45, 7) is 7.40. The minimum atomic E-state index is -0.461. The van der Waals surface area contributed by atoms with Crippen molar-refractivity contribution in [3.05, 3.63) is 23.8 Å². The van der Waals surface area contributed by atoms with Crippen LogP contribution in [-0.4, -0.2) is 61.5 Å². The van der Waals surface area contributed by atoms with Crippen LogP contribution in [0.3, 0.4) is 0 Å². The number of nitrogens with two attached hydrogens (primary N) is 2. The van der Waals surface area contributed by atoms with Gasteiger partial charge in [0, 0.05) is 50.1 Å². The number of hydrogen-bond acceptors (Lipinski definition) is 5. The van der Waals surface area contributed by atoms with Crippen LogP contribution in [0, 0.1) is 0 Å². The van der Waals surface area contributed by atoms with Gasteiger partial charge in [-0.3, -0.25) is 9.69 Å². The Hall–Kier alpha value is -1.79. The second kappa shape index (κ2) is 6.78. The zero-order valence-electron chi connectivity index (χ0n) is 12.8. The first-order valence-electron chi connectivity index (χ1n) is 7.32. The second-order valence-electron chi connectivity index (χ2n) is 5.82. The van der Waals surface area contributed by atoms with Crippen molar-refractivity contribution in [1.29, 1.82) is 0 Å². The third-order valence-corrected chi connectivity index (χ3v) is 3.84. The number of carbonyl (C=O) groups excluding carboxylic acids is 1. The molecule has 1 fully saturated rings. The number of carbonyl (C=O) groups is 1. The molecule has 0 radical (unpaired) electrons. The standard InChI is InChI=1S/C15H25N5O/c1-11(10-20-7-5-19(2)6-8-20)18-14-4-3-12(16)9-13(14)15(17)21/h3-4,9,11,18H,5-8,10,16H2,1-2H3,(H2,17,21). The van der Waals surface area contributed by atoms with Gasteiger partial charge in [-0.25, -0.2) is 0 Å². The van der Waals surface area contributed by atoms with Crippen LogP contribution < -0.4 is 16.8 Å². The molecule has 1 unspecified atom stereocenters. The molecule has 0 aliphatic carbocycles.